The molecule has 0 fully saturated rings. The summed E-state index contributed by atoms with van der Waals surface area (Å²) in [7, 11) is -7.74. The third-order valence-corrected chi connectivity index (χ3v) is 8.59. The number of primary sulfonamides is 1. The summed E-state index contributed by atoms with van der Waals surface area (Å²) in [6.07, 6.45) is 1.04. The molecule has 25 heavy (non-hydrogen) atoms. The molecule has 0 bridgehead atoms. The van der Waals surface area contributed by atoms with E-state index in [0.717, 1.165) is 17.4 Å². The number of nitrogens with zero attached hydrogens (tertiary/aromatic N) is 1. The number of nitrogens with one attached hydrogen (secondary N) is 1. The van der Waals surface area contributed by atoms with E-state index in [0.29, 0.717) is 30.2 Å². The lowest BCUT2D eigenvalue weighted by molar-refractivity contribution is 0.270. The fourth-order valence-electron chi connectivity index (χ4n) is 2.62. The highest BCUT2D eigenvalue weighted by atomic mass is 32.2. The van der Waals surface area contributed by atoms with Crippen molar-refractivity contribution >= 4 is 31.4 Å². The number of nitrogens with two attached hydrogens (primary N) is 1. The Morgan fingerprint density at radius 2 is 2.12 bits per heavy atom. The number of hydrogen-bond acceptors (Lipinski definition) is 7. The molecule has 1 atom stereocenters. The van der Waals surface area contributed by atoms with Crippen LogP contribution in [0.5, 0.6) is 0 Å². The van der Waals surface area contributed by atoms with Gasteiger partial charge < -0.3 is 10.4 Å². The van der Waals surface area contributed by atoms with E-state index in [1.807, 2.05) is 13.8 Å². The molecule has 11 heteroatoms. The first-order valence-electron chi connectivity index (χ1n) is 8.08. The molecule has 0 aromatic carbocycles. The first-order valence-corrected chi connectivity index (χ1v) is 11.9. The van der Waals surface area contributed by atoms with Crippen molar-refractivity contribution in [2.24, 2.45) is 11.1 Å². The number of aliphatic hydroxyl groups excluding tert-OH is 1. The minimum Gasteiger partial charge on any atom is -0.396 e. The molecule has 0 saturated carbocycles. The van der Waals surface area contributed by atoms with E-state index in [1.54, 1.807) is 0 Å². The van der Waals surface area contributed by atoms with Crippen LogP contribution >= 0.6 is 11.3 Å². The van der Waals surface area contributed by atoms with Crippen molar-refractivity contribution in [3.63, 3.8) is 0 Å². The minimum atomic E-state index is -3.97. The lowest BCUT2D eigenvalue weighted by atomic mass is 10.1. The van der Waals surface area contributed by atoms with Crippen LogP contribution in [0.3, 0.4) is 0 Å². The Morgan fingerprint density at radius 3 is 2.68 bits per heavy atom. The van der Waals surface area contributed by atoms with Crippen LogP contribution < -0.4 is 10.5 Å². The number of sulfonamides is 2. The summed E-state index contributed by atoms with van der Waals surface area (Å²) in [5.74, 6) is 0.363. The van der Waals surface area contributed by atoms with Crippen molar-refractivity contribution in [1.82, 2.24) is 9.62 Å². The summed E-state index contributed by atoms with van der Waals surface area (Å²) in [6.45, 7) is 5.27. The molecule has 144 valence electrons. The first-order chi connectivity index (χ1) is 11.6. The zero-order valence-electron chi connectivity index (χ0n) is 14.3. The molecule has 0 unspecified atom stereocenters. The standard InChI is InChI=1S/C14H25N3O5S3/c1-10(2)8-16-11-9-17(5-3-4-6-18)25(21,22)12-7-13(23-14(11)12)24(15,19)20/h7,10-11,16,18H,3-6,8-9H2,1-2H3,(H2,15,19,20)/t11-/m1/s1. The highest BCUT2D eigenvalue weighted by Gasteiger charge is 2.39. The van der Waals surface area contributed by atoms with Gasteiger partial charge in [-0.15, -0.1) is 11.3 Å². The van der Waals surface area contributed by atoms with Gasteiger partial charge in [-0.05, 0) is 31.4 Å². The summed E-state index contributed by atoms with van der Waals surface area (Å²) in [6, 6.07) is 0.878. The van der Waals surface area contributed by atoms with Gasteiger partial charge in [0, 0.05) is 24.6 Å². The largest absolute Gasteiger partial charge is 0.396 e. The van der Waals surface area contributed by atoms with Crippen molar-refractivity contribution in [2.75, 3.05) is 26.2 Å². The van der Waals surface area contributed by atoms with Gasteiger partial charge >= 0.3 is 0 Å². The molecule has 1 aliphatic heterocycles. The molecule has 0 aliphatic carbocycles. The number of unbranched alkanes of at least 4 members (excludes halogenated alkanes) is 1. The van der Waals surface area contributed by atoms with E-state index >= 15 is 0 Å². The fraction of sp³-hybridized carbons (Fsp3) is 0.714. The highest BCUT2D eigenvalue weighted by Crippen LogP contribution is 2.39. The van der Waals surface area contributed by atoms with Crippen LogP contribution in [0.4, 0.5) is 0 Å². The Balaban J connectivity index is 2.41. The second-order valence-electron chi connectivity index (χ2n) is 6.49. The monoisotopic (exact) mass is 411 g/mol. The van der Waals surface area contributed by atoms with Crippen molar-refractivity contribution in [3.05, 3.63) is 10.9 Å². The molecule has 1 aliphatic rings. The minimum absolute atomic E-state index is 0.00216. The van der Waals surface area contributed by atoms with Crippen molar-refractivity contribution in [3.8, 4) is 0 Å². The van der Waals surface area contributed by atoms with Crippen LogP contribution in [0, 0.1) is 5.92 Å². The van der Waals surface area contributed by atoms with Gasteiger partial charge in [-0.25, -0.2) is 22.0 Å². The zero-order valence-corrected chi connectivity index (χ0v) is 16.8. The Kier molecular flexibility index (Phi) is 6.63. The summed E-state index contributed by atoms with van der Waals surface area (Å²) in [4.78, 5) is 0.501. The first kappa shape index (κ1) is 20.7. The highest BCUT2D eigenvalue weighted by molar-refractivity contribution is 7.92. The third kappa shape index (κ3) is 4.79. The summed E-state index contributed by atoms with van der Waals surface area (Å²) in [5, 5.41) is 17.4. The van der Waals surface area contributed by atoms with Crippen LogP contribution in [0.2, 0.25) is 0 Å². The van der Waals surface area contributed by atoms with E-state index in [1.165, 1.54) is 4.31 Å². The van der Waals surface area contributed by atoms with Crippen molar-refractivity contribution < 1.29 is 21.9 Å². The Hall–Kier alpha value is -0.560. The molecule has 0 radical (unpaired) electrons. The van der Waals surface area contributed by atoms with Gasteiger partial charge in [-0.2, -0.15) is 4.31 Å². The molecule has 2 rings (SSSR count). The van der Waals surface area contributed by atoms with E-state index in [-0.39, 0.29) is 34.8 Å². The van der Waals surface area contributed by atoms with Gasteiger partial charge in [0.1, 0.15) is 4.21 Å². The van der Waals surface area contributed by atoms with Gasteiger partial charge in [0.15, 0.2) is 0 Å². The lowest BCUT2D eigenvalue weighted by Crippen LogP contribution is -2.44. The molecule has 2 heterocycles. The number of aliphatic hydroxyl groups is 1. The second kappa shape index (κ2) is 7.99. The average Bonchev–Trinajstić information content (AvgIpc) is 2.95. The third-order valence-electron chi connectivity index (χ3n) is 3.89. The van der Waals surface area contributed by atoms with Gasteiger partial charge in [0.05, 0.1) is 10.9 Å². The maximum Gasteiger partial charge on any atom is 0.247 e. The predicted molar refractivity (Wildman–Crippen MR) is 96.4 cm³/mol. The van der Waals surface area contributed by atoms with Crippen molar-refractivity contribution in [2.45, 2.75) is 41.8 Å². The van der Waals surface area contributed by atoms with Gasteiger partial charge in [-0.3, -0.25) is 0 Å². The quantitative estimate of drug-likeness (QED) is 0.533. The Labute approximate surface area is 153 Å². The summed E-state index contributed by atoms with van der Waals surface area (Å²) < 4.78 is 50.2. The average molecular weight is 412 g/mol. The van der Waals surface area contributed by atoms with E-state index in [2.05, 4.69) is 5.32 Å². The molecule has 0 amide bonds. The maximum absolute atomic E-state index is 12.8. The Bertz CT molecular complexity index is 802. The maximum atomic E-state index is 12.8. The molecule has 0 spiro atoms. The van der Waals surface area contributed by atoms with E-state index in [9.17, 15) is 16.8 Å². The van der Waals surface area contributed by atoms with E-state index < -0.39 is 20.0 Å². The van der Waals surface area contributed by atoms with Gasteiger partial charge in [0.25, 0.3) is 0 Å². The second-order valence-corrected chi connectivity index (χ2v) is 11.3. The van der Waals surface area contributed by atoms with Gasteiger partial charge in [-0.1, -0.05) is 13.8 Å². The molecule has 0 saturated heterocycles. The normalized spacial score (nSPS) is 20.8. The topological polar surface area (TPSA) is 130 Å². The van der Waals surface area contributed by atoms with Crippen LogP contribution in [0.25, 0.3) is 0 Å². The lowest BCUT2D eigenvalue weighted by Gasteiger charge is -2.33. The number of fused-ring (bicyclic) bond motifs is 1. The van der Waals surface area contributed by atoms with Crippen molar-refractivity contribution in [1.29, 1.82) is 0 Å². The van der Waals surface area contributed by atoms with Crippen LogP contribution in [0.1, 0.15) is 37.6 Å². The number of hydrogen-bond donors (Lipinski definition) is 3. The molecule has 8 nitrogen and oxygen atoms in total. The zero-order chi connectivity index (χ0) is 18.8. The SMILES string of the molecule is CC(C)CN[C@@H]1CN(CCCCO)S(=O)(=O)c2cc(S(N)(=O)=O)sc21. The number of rotatable bonds is 8. The molecule has 1 aromatic heterocycles. The predicted octanol–water partition coefficient (Wildman–Crippen LogP) is 0.459. The molecule has 1 aromatic rings. The Morgan fingerprint density at radius 1 is 1.44 bits per heavy atom. The summed E-state index contributed by atoms with van der Waals surface area (Å²) in [5.41, 5.74) is 0. The smallest absolute Gasteiger partial charge is 0.247 e. The van der Waals surface area contributed by atoms with Crippen LogP contribution in [0.15, 0.2) is 15.2 Å². The molecular formula is C14H25N3O5S3. The number of thiophene rings is 1. The van der Waals surface area contributed by atoms with Gasteiger partial charge in [0.2, 0.25) is 20.0 Å². The van der Waals surface area contributed by atoms with Crippen LogP contribution in [-0.2, 0) is 20.0 Å². The summed E-state index contributed by atoms with van der Waals surface area (Å²) >= 11 is 0.913. The fourth-order valence-corrected chi connectivity index (χ4v) is 6.74. The molecular weight excluding hydrogens is 386 g/mol. The molecule has 4 N–H and O–H groups in total. The van der Waals surface area contributed by atoms with E-state index in [4.69, 9.17) is 10.2 Å². The van der Waals surface area contributed by atoms with Crippen LogP contribution in [-0.4, -0.2) is 52.5 Å².